The maximum Gasteiger partial charge on any atom is 0.265 e. The summed E-state index contributed by atoms with van der Waals surface area (Å²) < 4.78 is 33.2. The summed E-state index contributed by atoms with van der Waals surface area (Å²) >= 11 is 2.34. The van der Waals surface area contributed by atoms with E-state index in [1.807, 2.05) is 29.1 Å². The molecule has 6 heteroatoms. The molecule has 0 aliphatic heterocycles. The molecule has 0 aliphatic rings. The molecule has 0 saturated heterocycles. The van der Waals surface area contributed by atoms with Crippen molar-refractivity contribution in [1.29, 1.82) is 0 Å². The van der Waals surface area contributed by atoms with Crippen LogP contribution in [0, 0.1) is 0 Å². The summed E-state index contributed by atoms with van der Waals surface area (Å²) in [7, 11) is -3.90. The van der Waals surface area contributed by atoms with Crippen LogP contribution in [0.5, 0.6) is 0 Å². The molecule has 0 bridgehead atoms. The topological polar surface area (TPSA) is 58.3 Å². The van der Waals surface area contributed by atoms with Crippen LogP contribution in [0.1, 0.15) is 16.7 Å². The third-order valence-corrected chi connectivity index (χ3v) is 4.75. The van der Waals surface area contributed by atoms with Gasteiger partial charge in [0.15, 0.2) is 18.9 Å². The van der Waals surface area contributed by atoms with Crippen LogP contribution in [-0.4, -0.2) is 18.7 Å². The number of hydrogen-bond donors (Lipinski definition) is 1. The number of alkyl halides is 1. The zero-order chi connectivity index (χ0) is 15.3. The quantitative estimate of drug-likeness (QED) is 0.339. The van der Waals surface area contributed by atoms with Gasteiger partial charge in [0.1, 0.15) is 0 Å². The van der Waals surface area contributed by atoms with E-state index in [0.29, 0.717) is 6.42 Å². The van der Waals surface area contributed by atoms with Crippen molar-refractivity contribution in [2.75, 3.05) is 5.75 Å². The molecule has 0 aliphatic carbocycles. The Morgan fingerprint density at radius 1 is 0.952 bits per heavy atom. The molecule has 2 aromatic rings. The van der Waals surface area contributed by atoms with Gasteiger partial charge in [-0.2, -0.15) is 8.42 Å². The molecular formula is C15H17INO3S+. The highest BCUT2D eigenvalue weighted by atomic mass is 127. The Morgan fingerprint density at radius 2 is 1.52 bits per heavy atom. The first-order chi connectivity index (χ1) is 9.96. The van der Waals surface area contributed by atoms with Gasteiger partial charge in [-0.1, -0.05) is 46.9 Å². The van der Waals surface area contributed by atoms with Gasteiger partial charge in [-0.05, 0) is 17.5 Å². The van der Waals surface area contributed by atoms with Gasteiger partial charge in [-0.15, -0.1) is 0 Å². The second-order valence-corrected chi connectivity index (χ2v) is 7.20. The van der Waals surface area contributed by atoms with Gasteiger partial charge in [-0.3, -0.25) is 4.55 Å². The van der Waals surface area contributed by atoms with Crippen LogP contribution in [0.2, 0.25) is 0 Å². The van der Waals surface area contributed by atoms with Gasteiger partial charge >= 0.3 is 0 Å². The number of aromatic nitrogens is 1. The molecule has 0 radical (unpaired) electrons. The van der Waals surface area contributed by atoms with Crippen molar-refractivity contribution >= 4 is 32.7 Å². The first-order valence-electron chi connectivity index (χ1n) is 6.53. The van der Waals surface area contributed by atoms with Crippen LogP contribution in [0.15, 0.2) is 48.8 Å². The van der Waals surface area contributed by atoms with Gasteiger partial charge in [-0.25, -0.2) is 4.57 Å². The van der Waals surface area contributed by atoms with Crippen molar-refractivity contribution in [3.63, 3.8) is 0 Å². The third kappa shape index (κ3) is 5.72. The van der Waals surface area contributed by atoms with Crippen LogP contribution < -0.4 is 4.57 Å². The first-order valence-corrected chi connectivity index (χ1v) is 9.67. The molecule has 0 fully saturated rings. The van der Waals surface area contributed by atoms with Crippen LogP contribution >= 0.6 is 22.6 Å². The highest BCUT2D eigenvalue weighted by Gasteiger charge is 2.07. The monoisotopic (exact) mass is 418 g/mol. The van der Waals surface area contributed by atoms with Gasteiger partial charge in [0.25, 0.3) is 10.1 Å². The summed E-state index contributed by atoms with van der Waals surface area (Å²) in [6, 6.07) is 12.3. The molecule has 0 spiro atoms. The molecule has 0 saturated carbocycles. The minimum atomic E-state index is -3.90. The van der Waals surface area contributed by atoms with E-state index in [1.54, 1.807) is 0 Å². The normalized spacial score (nSPS) is 11.5. The number of halogens is 1. The second kappa shape index (κ2) is 7.33. The second-order valence-electron chi connectivity index (χ2n) is 4.86. The Labute approximate surface area is 138 Å². The standard InChI is InChI=1S/C15H16INO3S/c16-11-14-1-3-15(4-2-14)12-17-8-5-13(6-9-17)7-10-21(18,19)20/h1-6,8-9H,7,10-12H2/p+1. The molecule has 4 nitrogen and oxygen atoms in total. The van der Waals surface area contributed by atoms with Crippen LogP contribution in [0.25, 0.3) is 0 Å². The van der Waals surface area contributed by atoms with Crippen molar-refractivity contribution < 1.29 is 17.5 Å². The van der Waals surface area contributed by atoms with Crippen LogP contribution in [-0.2, 0) is 27.5 Å². The maximum absolute atomic E-state index is 10.7. The predicted molar refractivity (Wildman–Crippen MR) is 90.0 cm³/mol. The number of benzene rings is 1. The fraction of sp³-hybridized carbons (Fsp3) is 0.267. The van der Waals surface area contributed by atoms with Crippen LogP contribution in [0.4, 0.5) is 0 Å². The van der Waals surface area contributed by atoms with Crippen molar-refractivity contribution in [2.24, 2.45) is 0 Å². The van der Waals surface area contributed by atoms with E-state index >= 15 is 0 Å². The number of nitrogens with zero attached hydrogens (tertiary/aromatic N) is 1. The van der Waals surface area contributed by atoms with Gasteiger partial charge < -0.3 is 0 Å². The lowest BCUT2D eigenvalue weighted by molar-refractivity contribution is -0.688. The highest BCUT2D eigenvalue weighted by molar-refractivity contribution is 14.1. The molecule has 1 aromatic heterocycles. The van der Waals surface area contributed by atoms with Gasteiger partial charge in [0.2, 0.25) is 0 Å². The minimum Gasteiger partial charge on any atom is -0.286 e. The van der Waals surface area contributed by atoms with E-state index in [9.17, 15) is 8.42 Å². The molecule has 21 heavy (non-hydrogen) atoms. The van der Waals surface area contributed by atoms with E-state index in [4.69, 9.17) is 4.55 Å². The SMILES string of the molecule is O=S(=O)(O)CCc1cc[n+](Cc2ccc(CI)cc2)cc1. The number of pyridine rings is 1. The average molecular weight is 418 g/mol. The number of hydrogen-bond acceptors (Lipinski definition) is 2. The van der Waals surface area contributed by atoms with Gasteiger partial charge in [0, 0.05) is 22.1 Å². The summed E-state index contributed by atoms with van der Waals surface area (Å²) in [5, 5.41) is 0. The summed E-state index contributed by atoms with van der Waals surface area (Å²) in [5.74, 6) is -0.241. The van der Waals surface area contributed by atoms with Gasteiger partial charge in [0.05, 0.1) is 5.75 Å². The zero-order valence-electron chi connectivity index (χ0n) is 11.4. The minimum absolute atomic E-state index is 0.241. The third-order valence-electron chi connectivity index (χ3n) is 3.15. The van der Waals surface area contributed by atoms with Crippen LogP contribution in [0.3, 0.4) is 0 Å². The molecule has 1 N–H and O–H groups in total. The molecule has 1 aromatic carbocycles. The maximum atomic E-state index is 10.7. The number of aryl methyl sites for hydroxylation is 1. The lowest BCUT2D eigenvalue weighted by atomic mass is 10.1. The zero-order valence-corrected chi connectivity index (χ0v) is 14.4. The summed E-state index contributed by atoms with van der Waals surface area (Å²) in [6.45, 7) is 0.778. The highest BCUT2D eigenvalue weighted by Crippen LogP contribution is 2.08. The van der Waals surface area contributed by atoms with E-state index in [-0.39, 0.29) is 5.75 Å². The molecular weight excluding hydrogens is 401 g/mol. The Balaban J connectivity index is 1.98. The van der Waals surface area contributed by atoms with E-state index in [0.717, 1.165) is 16.5 Å². The molecule has 0 amide bonds. The summed E-state index contributed by atoms with van der Waals surface area (Å²) in [5.41, 5.74) is 3.42. The Kier molecular flexibility index (Phi) is 5.72. The fourth-order valence-corrected chi connectivity index (χ4v) is 2.95. The largest absolute Gasteiger partial charge is 0.286 e. The smallest absolute Gasteiger partial charge is 0.265 e. The van der Waals surface area contributed by atoms with Crippen molar-refractivity contribution in [3.05, 3.63) is 65.5 Å². The molecule has 0 atom stereocenters. The Hall–Kier alpha value is -0.990. The summed E-state index contributed by atoms with van der Waals surface area (Å²) in [4.78, 5) is 0. The van der Waals surface area contributed by atoms with Crippen molar-refractivity contribution in [3.8, 4) is 0 Å². The Bertz CT molecular complexity index is 682. The van der Waals surface area contributed by atoms with Crippen molar-refractivity contribution in [1.82, 2.24) is 0 Å². The summed E-state index contributed by atoms with van der Waals surface area (Å²) in [6.07, 6.45) is 4.17. The lowest BCUT2D eigenvalue weighted by Gasteiger charge is -2.01. The molecule has 0 unspecified atom stereocenters. The molecule has 1 heterocycles. The average Bonchev–Trinajstić information content (AvgIpc) is 2.46. The predicted octanol–water partition coefficient (Wildman–Crippen LogP) is 2.39. The lowest BCUT2D eigenvalue weighted by Crippen LogP contribution is -2.33. The number of rotatable bonds is 6. The fourth-order valence-electron chi connectivity index (χ4n) is 1.95. The van der Waals surface area contributed by atoms with Crippen molar-refractivity contribution in [2.45, 2.75) is 17.4 Å². The molecule has 2 rings (SSSR count). The molecule has 112 valence electrons. The van der Waals surface area contributed by atoms with E-state index in [1.165, 1.54) is 11.1 Å². The van der Waals surface area contributed by atoms with E-state index < -0.39 is 10.1 Å². The first kappa shape index (κ1) is 16.4. The Morgan fingerprint density at radius 3 is 2.05 bits per heavy atom. The van der Waals surface area contributed by atoms with E-state index in [2.05, 4.69) is 46.9 Å².